The Labute approximate surface area is 196 Å². The summed E-state index contributed by atoms with van der Waals surface area (Å²) in [5, 5.41) is 8.76. The van der Waals surface area contributed by atoms with Crippen LogP contribution in [-0.2, 0) is 17.5 Å². The van der Waals surface area contributed by atoms with Gasteiger partial charge < -0.3 is 5.11 Å². The van der Waals surface area contributed by atoms with Gasteiger partial charge in [-0.25, -0.2) is 4.31 Å². The third-order valence-corrected chi connectivity index (χ3v) is 6.86. The number of piperazine rings is 1. The molecule has 32 heavy (non-hydrogen) atoms. The molecule has 1 aliphatic heterocycles. The molecule has 2 atom stereocenters. The molecule has 0 spiro atoms. The summed E-state index contributed by atoms with van der Waals surface area (Å²) in [6.45, 7) is 11.8. The first kappa shape index (κ1) is 26.5. The summed E-state index contributed by atoms with van der Waals surface area (Å²) in [5.74, 6) is -0.888. The number of alkyl halides is 3. The lowest BCUT2D eigenvalue weighted by atomic mass is 10.1. The van der Waals surface area contributed by atoms with E-state index in [1.54, 1.807) is 19.1 Å². The predicted octanol–water partition coefficient (Wildman–Crippen LogP) is 6.39. The Morgan fingerprint density at radius 1 is 1.31 bits per heavy atom. The number of aliphatic carboxylic acids is 1. The molecule has 0 saturated carbocycles. The Bertz CT molecular complexity index is 890. The van der Waals surface area contributed by atoms with Crippen molar-refractivity contribution in [1.29, 1.82) is 0 Å². The van der Waals surface area contributed by atoms with E-state index in [9.17, 15) is 18.0 Å². The Balaban J connectivity index is 2.06. The van der Waals surface area contributed by atoms with E-state index in [-0.39, 0.29) is 23.5 Å². The molecule has 176 valence electrons. The van der Waals surface area contributed by atoms with Crippen LogP contribution < -0.4 is 0 Å². The second-order valence-corrected chi connectivity index (χ2v) is 9.32. The molecule has 1 aromatic carbocycles. The number of hydrogen-bond donors (Lipinski definition) is 1. The minimum Gasteiger partial charge on any atom is -0.481 e. The molecule has 0 amide bonds. The molecule has 0 bridgehead atoms. The van der Waals surface area contributed by atoms with Crippen molar-refractivity contribution in [2.45, 2.75) is 52.0 Å². The lowest BCUT2D eigenvalue weighted by Crippen LogP contribution is -2.53. The number of carboxylic acids is 1. The van der Waals surface area contributed by atoms with Crippen LogP contribution in [0.4, 0.5) is 13.2 Å². The maximum atomic E-state index is 12.9. The van der Waals surface area contributed by atoms with Gasteiger partial charge in [-0.05, 0) is 62.1 Å². The zero-order valence-corrected chi connectivity index (χ0v) is 19.9. The van der Waals surface area contributed by atoms with Crippen LogP contribution in [0.2, 0.25) is 5.02 Å². The van der Waals surface area contributed by atoms with Crippen molar-refractivity contribution in [3.63, 3.8) is 0 Å². The third-order valence-electron chi connectivity index (χ3n) is 5.12. The average Bonchev–Trinajstić information content (AvgIpc) is 2.67. The number of halogens is 4. The summed E-state index contributed by atoms with van der Waals surface area (Å²) in [6.07, 6.45) is 0.810. The van der Waals surface area contributed by atoms with E-state index in [1.165, 1.54) is 24.1 Å². The van der Waals surface area contributed by atoms with Crippen molar-refractivity contribution in [2.75, 3.05) is 13.1 Å². The molecule has 1 aromatic rings. The lowest BCUT2D eigenvalue weighted by Gasteiger charge is -2.43. The largest absolute Gasteiger partial charge is 0.481 e. The monoisotopic (exact) mass is 488 g/mol. The fourth-order valence-corrected chi connectivity index (χ4v) is 5.03. The van der Waals surface area contributed by atoms with Crippen molar-refractivity contribution in [3.05, 3.63) is 69.6 Å². The normalized spacial score (nSPS) is 21.6. The van der Waals surface area contributed by atoms with E-state index < -0.39 is 17.7 Å². The number of carboxylic acid groups (broad SMARTS) is 1. The van der Waals surface area contributed by atoms with Crippen LogP contribution in [0, 0.1) is 0 Å². The average molecular weight is 489 g/mol. The van der Waals surface area contributed by atoms with Crippen LogP contribution in [0.5, 0.6) is 0 Å². The van der Waals surface area contributed by atoms with E-state index >= 15 is 0 Å². The molecule has 0 aromatic heterocycles. The molecule has 1 heterocycles. The zero-order chi connectivity index (χ0) is 24.1. The van der Waals surface area contributed by atoms with Crippen molar-refractivity contribution < 1.29 is 23.1 Å². The maximum absolute atomic E-state index is 12.9. The van der Waals surface area contributed by atoms with E-state index in [0.29, 0.717) is 12.1 Å². The highest BCUT2D eigenvalue weighted by Crippen LogP contribution is 2.36. The summed E-state index contributed by atoms with van der Waals surface area (Å²) >= 11 is 7.40. The summed E-state index contributed by atoms with van der Waals surface area (Å²) in [6, 6.07) is 4.22. The molecule has 9 heteroatoms. The van der Waals surface area contributed by atoms with Crippen LogP contribution >= 0.6 is 23.5 Å². The van der Waals surface area contributed by atoms with E-state index in [4.69, 9.17) is 16.7 Å². The first-order chi connectivity index (χ1) is 14.9. The van der Waals surface area contributed by atoms with Crippen LogP contribution in [0.3, 0.4) is 0 Å². The second-order valence-electron chi connectivity index (χ2n) is 7.84. The first-order valence-corrected chi connectivity index (χ1v) is 11.3. The maximum Gasteiger partial charge on any atom is 0.417 e. The smallest absolute Gasteiger partial charge is 0.417 e. The van der Waals surface area contributed by atoms with Gasteiger partial charge >= 0.3 is 12.1 Å². The van der Waals surface area contributed by atoms with Gasteiger partial charge in [0, 0.05) is 36.6 Å². The van der Waals surface area contributed by atoms with Crippen LogP contribution in [0.15, 0.2) is 53.5 Å². The highest BCUT2D eigenvalue weighted by molar-refractivity contribution is 8.01. The van der Waals surface area contributed by atoms with Crippen molar-refractivity contribution in [3.8, 4) is 0 Å². The van der Waals surface area contributed by atoms with Crippen LogP contribution in [-0.4, -0.2) is 45.5 Å². The SMILES string of the molecule is C=C/C(=C\C(=C/C)CC(=O)O)SN1C(C)CN(Cc2ccc(C(F)(F)F)c(Cl)c2)CC1C. The fourth-order valence-electron chi connectivity index (χ4n) is 3.71. The third kappa shape index (κ3) is 7.40. The molecule has 0 aliphatic carbocycles. The Morgan fingerprint density at radius 3 is 2.41 bits per heavy atom. The van der Waals surface area contributed by atoms with Crippen molar-refractivity contribution in [1.82, 2.24) is 9.21 Å². The molecule has 2 rings (SSSR count). The topological polar surface area (TPSA) is 43.8 Å². The van der Waals surface area contributed by atoms with Gasteiger partial charge in [0.2, 0.25) is 0 Å². The quantitative estimate of drug-likeness (QED) is 0.339. The predicted molar refractivity (Wildman–Crippen MR) is 124 cm³/mol. The van der Waals surface area contributed by atoms with E-state index in [0.717, 1.165) is 29.6 Å². The number of benzene rings is 1. The summed E-state index contributed by atoms with van der Waals surface area (Å²) in [4.78, 5) is 14.1. The van der Waals surface area contributed by atoms with Gasteiger partial charge in [0.1, 0.15) is 0 Å². The van der Waals surface area contributed by atoms with Crippen LogP contribution in [0.25, 0.3) is 0 Å². The molecular weight excluding hydrogens is 461 g/mol. The summed E-state index contributed by atoms with van der Waals surface area (Å²) < 4.78 is 41.1. The molecule has 1 N–H and O–H groups in total. The Kier molecular flexibility index (Phi) is 9.45. The van der Waals surface area contributed by atoms with E-state index in [1.807, 2.05) is 6.08 Å². The molecule has 4 nitrogen and oxygen atoms in total. The highest BCUT2D eigenvalue weighted by atomic mass is 35.5. The first-order valence-electron chi connectivity index (χ1n) is 10.2. The van der Waals surface area contributed by atoms with Gasteiger partial charge in [0.15, 0.2) is 0 Å². The summed E-state index contributed by atoms with van der Waals surface area (Å²) in [7, 11) is 0. The standard InChI is InChI=1S/C23H28ClF3N2O2S/c1-5-17(11-22(30)31)9-19(6-2)32-29-15(3)12-28(13-16(29)4)14-18-7-8-20(21(24)10-18)23(25,26)27/h5-10,15-16H,2,11-14H2,1,3-4H3,(H,30,31)/b17-5+,19-9+. The minimum absolute atomic E-state index is 0.0526. The van der Waals surface area contributed by atoms with Crippen LogP contribution in [0.1, 0.15) is 38.3 Å². The number of rotatable bonds is 8. The molecule has 1 fully saturated rings. The van der Waals surface area contributed by atoms with Gasteiger partial charge in [-0.2, -0.15) is 13.2 Å². The molecule has 1 aliphatic rings. The number of carbonyl (C=O) groups is 1. The molecule has 1 saturated heterocycles. The fraction of sp³-hybridized carbons (Fsp3) is 0.435. The highest BCUT2D eigenvalue weighted by Gasteiger charge is 2.34. The molecule has 0 radical (unpaired) electrons. The second kappa shape index (κ2) is 11.4. The number of nitrogens with zero attached hydrogens (tertiary/aromatic N) is 2. The Morgan fingerprint density at radius 2 is 1.94 bits per heavy atom. The van der Waals surface area contributed by atoms with Gasteiger partial charge in [0.25, 0.3) is 0 Å². The summed E-state index contributed by atoms with van der Waals surface area (Å²) in [5.41, 5.74) is 0.623. The van der Waals surface area contributed by atoms with Gasteiger partial charge in [-0.15, -0.1) is 0 Å². The lowest BCUT2D eigenvalue weighted by molar-refractivity contribution is -0.138. The van der Waals surface area contributed by atoms with E-state index in [2.05, 4.69) is 29.6 Å². The van der Waals surface area contributed by atoms with Crippen molar-refractivity contribution >= 4 is 29.5 Å². The van der Waals surface area contributed by atoms with Gasteiger partial charge in [-0.3, -0.25) is 9.69 Å². The Hall–Kier alpha value is -1.74. The van der Waals surface area contributed by atoms with Crippen molar-refractivity contribution in [2.24, 2.45) is 0 Å². The zero-order valence-electron chi connectivity index (χ0n) is 18.3. The van der Waals surface area contributed by atoms with Gasteiger partial charge in [-0.1, -0.05) is 36.4 Å². The molecular formula is C23H28ClF3N2O2S. The minimum atomic E-state index is -4.46. The molecule has 2 unspecified atom stereocenters. The number of allylic oxidation sites excluding steroid dienone is 3. The number of hydrogen-bond acceptors (Lipinski definition) is 4. The van der Waals surface area contributed by atoms with Gasteiger partial charge in [0.05, 0.1) is 17.0 Å².